The Balaban J connectivity index is 2.18. The molecular formula is C13H10F2N2O3S. The number of carboxylic acids is 1. The Kier molecular flexibility index (Phi) is 4.27. The average Bonchev–Trinajstić information content (AvgIpc) is 2.75. The summed E-state index contributed by atoms with van der Waals surface area (Å²) in [7, 11) is 0. The third-order valence-electron chi connectivity index (χ3n) is 2.73. The number of nitrogens with one attached hydrogen (secondary N) is 1. The summed E-state index contributed by atoms with van der Waals surface area (Å²) in [6, 6.07) is 3.29. The Morgan fingerprint density at radius 1 is 1.33 bits per heavy atom. The molecule has 2 rings (SSSR count). The molecule has 1 aromatic heterocycles. The van der Waals surface area contributed by atoms with Crippen LogP contribution >= 0.6 is 11.5 Å². The van der Waals surface area contributed by atoms with Gasteiger partial charge in [-0.05, 0) is 30.6 Å². The molecule has 0 spiro atoms. The molecule has 5 nitrogen and oxygen atoms in total. The molecule has 0 unspecified atom stereocenters. The van der Waals surface area contributed by atoms with E-state index in [-0.39, 0.29) is 21.8 Å². The highest BCUT2D eigenvalue weighted by atomic mass is 32.1. The van der Waals surface area contributed by atoms with Gasteiger partial charge in [0.2, 0.25) is 5.91 Å². The van der Waals surface area contributed by atoms with Crippen molar-refractivity contribution < 1.29 is 23.5 Å². The van der Waals surface area contributed by atoms with Gasteiger partial charge in [0.25, 0.3) is 0 Å². The first-order valence-corrected chi connectivity index (χ1v) is 6.59. The van der Waals surface area contributed by atoms with E-state index in [0.717, 1.165) is 23.7 Å². The number of hydrogen-bond acceptors (Lipinski definition) is 4. The van der Waals surface area contributed by atoms with Gasteiger partial charge in [-0.1, -0.05) is 6.07 Å². The van der Waals surface area contributed by atoms with Crippen LogP contribution in [0.3, 0.4) is 0 Å². The van der Waals surface area contributed by atoms with E-state index in [0.29, 0.717) is 0 Å². The lowest BCUT2D eigenvalue weighted by Crippen LogP contribution is -2.17. The Morgan fingerprint density at radius 3 is 2.52 bits per heavy atom. The lowest BCUT2D eigenvalue weighted by molar-refractivity contribution is -0.115. The summed E-state index contributed by atoms with van der Waals surface area (Å²) in [4.78, 5) is 22.9. The topological polar surface area (TPSA) is 79.3 Å². The van der Waals surface area contributed by atoms with E-state index in [4.69, 9.17) is 5.11 Å². The highest BCUT2D eigenvalue weighted by molar-refractivity contribution is 7.11. The van der Waals surface area contributed by atoms with Gasteiger partial charge in [0, 0.05) is 5.56 Å². The number of rotatable bonds is 4. The van der Waals surface area contributed by atoms with Crippen molar-refractivity contribution >= 4 is 28.4 Å². The van der Waals surface area contributed by atoms with Crippen molar-refractivity contribution in [3.05, 3.63) is 46.7 Å². The maximum absolute atomic E-state index is 13.4. The first kappa shape index (κ1) is 15.0. The summed E-state index contributed by atoms with van der Waals surface area (Å²) in [6.07, 6.45) is -0.533. The van der Waals surface area contributed by atoms with Crippen LogP contribution in [0.4, 0.5) is 13.8 Å². The molecule has 21 heavy (non-hydrogen) atoms. The summed E-state index contributed by atoms with van der Waals surface area (Å²) < 4.78 is 30.7. The van der Waals surface area contributed by atoms with Crippen LogP contribution in [-0.4, -0.2) is 21.4 Å². The second-order valence-corrected chi connectivity index (χ2v) is 4.98. The van der Waals surface area contributed by atoms with Crippen molar-refractivity contribution in [2.24, 2.45) is 0 Å². The molecular weight excluding hydrogens is 302 g/mol. The molecule has 8 heteroatoms. The third kappa shape index (κ3) is 3.22. The minimum absolute atomic E-state index is 0.0433. The van der Waals surface area contributed by atoms with Crippen LogP contribution < -0.4 is 5.32 Å². The van der Waals surface area contributed by atoms with Crippen LogP contribution in [0.1, 0.15) is 21.6 Å². The number of carboxylic acid groups (broad SMARTS) is 1. The smallest absolute Gasteiger partial charge is 0.340 e. The fourth-order valence-corrected chi connectivity index (χ4v) is 2.54. The molecule has 0 saturated heterocycles. The molecule has 0 atom stereocenters. The predicted octanol–water partition coefficient (Wildman–Crippen LogP) is 2.61. The number of aryl methyl sites for hydroxylation is 1. The van der Waals surface area contributed by atoms with E-state index in [1.54, 1.807) is 0 Å². The predicted molar refractivity (Wildman–Crippen MR) is 72.5 cm³/mol. The SMILES string of the molecule is Cc1nsc(NC(=O)Cc2c(F)cccc2F)c1C(=O)O. The molecule has 2 N–H and O–H groups in total. The molecule has 1 heterocycles. The number of amides is 1. The minimum atomic E-state index is -1.23. The lowest BCUT2D eigenvalue weighted by atomic mass is 10.1. The summed E-state index contributed by atoms with van der Waals surface area (Å²) in [6.45, 7) is 1.49. The largest absolute Gasteiger partial charge is 0.478 e. The molecule has 0 aliphatic carbocycles. The number of halogens is 2. The lowest BCUT2D eigenvalue weighted by Gasteiger charge is -2.06. The summed E-state index contributed by atoms with van der Waals surface area (Å²) in [5.41, 5.74) is -0.227. The number of aromatic carboxylic acids is 1. The number of carbonyl (C=O) groups is 2. The van der Waals surface area contributed by atoms with Crippen LogP contribution in [0.25, 0.3) is 0 Å². The number of carbonyl (C=O) groups excluding carboxylic acids is 1. The molecule has 110 valence electrons. The van der Waals surface area contributed by atoms with Gasteiger partial charge in [-0.3, -0.25) is 4.79 Å². The van der Waals surface area contributed by atoms with Gasteiger partial charge in [-0.25, -0.2) is 13.6 Å². The molecule has 0 radical (unpaired) electrons. The van der Waals surface area contributed by atoms with Gasteiger partial charge in [0.15, 0.2) is 0 Å². The highest BCUT2D eigenvalue weighted by Crippen LogP contribution is 2.24. The van der Waals surface area contributed by atoms with Crippen LogP contribution in [0, 0.1) is 18.6 Å². The Morgan fingerprint density at radius 2 is 1.95 bits per heavy atom. The number of hydrogen-bond donors (Lipinski definition) is 2. The second-order valence-electron chi connectivity index (χ2n) is 4.20. The monoisotopic (exact) mass is 312 g/mol. The zero-order chi connectivity index (χ0) is 15.6. The Labute approximate surface area is 122 Å². The molecule has 0 aliphatic heterocycles. The van der Waals surface area contributed by atoms with Crippen molar-refractivity contribution in [1.82, 2.24) is 4.37 Å². The van der Waals surface area contributed by atoms with Gasteiger partial charge >= 0.3 is 5.97 Å². The molecule has 1 aromatic carbocycles. The van der Waals surface area contributed by atoms with Crippen molar-refractivity contribution in [3.8, 4) is 0 Å². The van der Waals surface area contributed by atoms with Crippen molar-refractivity contribution in [2.75, 3.05) is 5.32 Å². The third-order valence-corrected chi connectivity index (χ3v) is 3.58. The maximum atomic E-state index is 13.4. The quantitative estimate of drug-likeness (QED) is 0.909. The van der Waals surface area contributed by atoms with E-state index in [9.17, 15) is 18.4 Å². The maximum Gasteiger partial charge on any atom is 0.340 e. The number of anilines is 1. The van der Waals surface area contributed by atoms with Crippen LogP contribution in [0.2, 0.25) is 0 Å². The molecule has 0 fully saturated rings. The summed E-state index contributed by atoms with van der Waals surface area (Å²) in [5.74, 6) is -3.60. The molecule has 2 aromatic rings. The second kappa shape index (κ2) is 5.96. The van der Waals surface area contributed by atoms with Crippen molar-refractivity contribution in [1.29, 1.82) is 0 Å². The van der Waals surface area contributed by atoms with Crippen LogP contribution in [-0.2, 0) is 11.2 Å². The first-order chi connectivity index (χ1) is 9.90. The number of benzene rings is 1. The fraction of sp³-hybridized carbons (Fsp3) is 0.154. The van der Waals surface area contributed by atoms with Gasteiger partial charge in [0.1, 0.15) is 22.2 Å². The van der Waals surface area contributed by atoms with Crippen molar-refractivity contribution in [2.45, 2.75) is 13.3 Å². The van der Waals surface area contributed by atoms with Crippen LogP contribution in [0.5, 0.6) is 0 Å². The van der Waals surface area contributed by atoms with E-state index in [1.165, 1.54) is 13.0 Å². The normalized spacial score (nSPS) is 10.4. The van der Waals surface area contributed by atoms with Crippen LogP contribution in [0.15, 0.2) is 18.2 Å². The van der Waals surface area contributed by atoms with Gasteiger partial charge in [0.05, 0.1) is 12.1 Å². The fourth-order valence-electron chi connectivity index (χ4n) is 1.74. The number of aromatic nitrogens is 1. The van der Waals surface area contributed by atoms with E-state index < -0.39 is 29.9 Å². The molecule has 0 bridgehead atoms. The Hall–Kier alpha value is -2.35. The zero-order valence-corrected chi connectivity index (χ0v) is 11.6. The first-order valence-electron chi connectivity index (χ1n) is 5.82. The Bertz CT molecular complexity index is 695. The average molecular weight is 312 g/mol. The van der Waals surface area contributed by atoms with E-state index in [2.05, 4.69) is 9.69 Å². The minimum Gasteiger partial charge on any atom is -0.478 e. The van der Waals surface area contributed by atoms with Gasteiger partial charge in [-0.2, -0.15) is 4.37 Å². The molecule has 0 aliphatic rings. The summed E-state index contributed by atoms with van der Waals surface area (Å²) in [5, 5.41) is 11.4. The van der Waals surface area contributed by atoms with Gasteiger partial charge < -0.3 is 10.4 Å². The standard InChI is InChI=1S/C13H10F2N2O3S/c1-6-11(13(19)20)12(21-17-6)16-10(18)5-7-8(14)3-2-4-9(7)15/h2-4H,5H2,1H3,(H,16,18)(H,19,20). The molecule has 1 amide bonds. The molecule has 0 saturated carbocycles. The summed E-state index contributed by atoms with van der Waals surface area (Å²) >= 11 is 0.802. The van der Waals surface area contributed by atoms with E-state index in [1.807, 2.05) is 0 Å². The zero-order valence-electron chi connectivity index (χ0n) is 10.8. The highest BCUT2D eigenvalue weighted by Gasteiger charge is 2.20. The van der Waals surface area contributed by atoms with Gasteiger partial charge in [-0.15, -0.1) is 0 Å². The van der Waals surface area contributed by atoms with E-state index >= 15 is 0 Å². The van der Waals surface area contributed by atoms with Crippen molar-refractivity contribution in [3.63, 3.8) is 0 Å². The number of nitrogens with zero attached hydrogens (tertiary/aromatic N) is 1.